The number of hydrogen-bond acceptors (Lipinski definition) is 2. The van der Waals surface area contributed by atoms with Crippen LogP contribution in [-0.2, 0) is 4.79 Å². The number of nitrogens with one attached hydrogen (secondary N) is 1. The molecule has 2 atom stereocenters. The first-order valence-corrected chi connectivity index (χ1v) is 5.60. The van der Waals surface area contributed by atoms with E-state index >= 15 is 0 Å². The molecule has 0 aromatic carbocycles. The van der Waals surface area contributed by atoms with E-state index in [4.69, 9.17) is 0 Å². The minimum atomic E-state index is 0.292. The first-order valence-electron chi connectivity index (χ1n) is 5.60. The van der Waals surface area contributed by atoms with Crippen molar-refractivity contribution in [3.8, 4) is 0 Å². The first kappa shape index (κ1) is 11.5. The fraction of sp³-hybridized carbons (Fsp3) is 0.909. The number of amides is 1. The van der Waals surface area contributed by atoms with Gasteiger partial charge in [0.25, 0.3) is 0 Å². The molecule has 1 N–H and O–H groups in total. The molecule has 0 aliphatic carbocycles. The van der Waals surface area contributed by atoms with Crippen LogP contribution < -0.4 is 5.32 Å². The van der Waals surface area contributed by atoms with Gasteiger partial charge in [-0.25, -0.2) is 0 Å². The van der Waals surface area contributed by atoms with Crippen molar-refractivity contribution < 1.29 is 4.79 Å². The first-order chi connectivity index (χ1) is 6.54. The van der Waals surface area contributed by atoms with Crippen LogP contribution in [0.1, 0.15) is 40.5 Å². The minimum absolute atomic E-state index is 0.292. The number of nitrogens with zero attached hydrogens (tertiary/aromatic N) is 1. The number of hydrogen-bond donors (Lipinski definition) is 1. The second kappa shape index (κ2) is 4.78. The maximum Gasteiger partial charge on any atom is 0.224 e. The minimum Gasteiger partial charge on any atom is -0.339 e. The summed E-state index contributed by atoms with van der Waals surface area (Å²) in [6.45, 7) is 9.35. The van der Waals surface area contributed by atoms with Crippen LogP contribution in [0, 0.1) is 0 Å². The zero-order valence-corrected chi connectivity index (χ0v) is 9.71. The van der Waals surface area contributed by atoms with Gasteiger partial charge in [-0.2, -0.15) is 0 Å². The normalized spacial score (nSPS) is 24.8. The van der Waals surface area contributed by atoms with Crippen LogP contribution in [-0.4, -0.2) is 35.5 Å². The van der Waals surface area contributed by atoms with Gasteiger partial charge in [-0.3, -0.25) is 4.79 Å². The molecule has 3 nitrogen and oxygen atoms in total. The van der Waals surface area contributed by atoms with E-state index < -0.39 is 0 Å². The van der Waals surface area contributed by atoms with Gasteiger partial charge in [0.05, 0.1) is 0 Å². The van der Waals surface area contributed by atoms with E-state index in [2.05, 4.69) is 33.0 Å². The Morgan fingerprint density at radius 3 is 2.57 bits per heavy atom. The van der Waals surface area contributed by atoms with Gasteiger partial charge < -0.3 is 10.2 Å². The lowest BCUT2D eigenvalue weighted by Crippen LogP contribution is -2.39. The van der Waals surface area contributed by atoms with Crippen molar-refractivity contribution in [2.45, 2.75) is 58.7 Å². The SMILES string of the molecule is CCC(C)NC1CC(=O)N(C(C)C)C1. The number of carbonyl (C=O) groups is 1. The molecule has 0 saturated carbocycles. The van der Waals surface area contributed by atoms with Crippen LogP contribution in [0.5, 0.6) is 0 Å². The van der Waals surface area contributed by atoms with Crippen molar-refractivity contribution in [3.63, 3.8) is 0 Å². The molecule has 0 bridgehead atoms. The average molecular weight is 198 g/mol. The fourth-order valence-electron chi connectivity index (χ4n) is 1.86. The molecule has 82 valence electrons. The third-order valence-corrected chi connectivity index (χ3v) is 2.91. The van der Waals surface area contributed by atoms with Crippen LogP contribution in [0.4, 0.5) is 0 Å². The summed E-state index contributed by atoms with van der Waals surface area (Å²) in [6, 6.07) is 1.21. The predicted octanol–water partition coefficient (Wildman–Crippen LogP) is 1.38. The van der Waals surface area contributed by atoms with Gasteiger partial charge in [0.15, 0.2) is 0 Å². The summed E-state index contributed by atoms with van der Waals surface area (Å²) >= 11 is 0. The van der Waals surface area contributed by atoms with Crippen molar-refractivity contribution in [1.82, 2.24) is 10.2 Å². The van der Waals surface area contributed by atoms with Crippen molar-refractivity contribution in [2.24, 2.45) is 0 Å². The van der Waals surface area contributed by atoms with Crippen LogP contribution in [0.3, 0.4) is 0 Å². The Kier molecular flexibility index (Phi) is 3.93. The highest BCUT2D eigenvalue weighted by Crippen LogP contribution is 2.14. The number of likely N-dealkylation sites (tertiary alicyclic amines) is 1. The van der Waals surface area contributed by atoms with Crippen molar-refractivity contribution >= 4 is 5.91 Å². The standard InChI is InChI=1S/C11H22N2O/c1-5-9(4)12-10-6-11(14)13(7-10)8(2)3/h8-10,12H,5-7H2,1-4H3. The zero-order valence-electron chi connectivity index (χ0n) is 9.71. The Morgan fingerprint density at radius 1 is 1.50 bits per heavy atom. The maximum atomic E-state index is 11.6. The quantitative estimate of drug-likeness (QED) is 0.740. The highest BCUT2D eigenvalue weighted by molar-refractivity contribution is 5.79. The molecule has 0 aromatic rings. The Labute approximate surface area is 86.9 Å². The zero-order chi connectivity index (χ0) is 10.7. The summed E-state index contributed by atoms with van der Waals surface area (Å²) in [6.07, 6.45) is 1.79. The summed E-state index contributed by atoms with van der Waals surface area (Å²) in [5.41, 5.74) is 0. The van der Waals surface area contributed by atoms with E-state index in [9.17, 15) is 4.79 Å². The van der Waals surface area contributed by atoms with Crippen LogP contribution in [0.15, 0.2) is 0 Å². The molecule has 2 unspecified atom stereocenters. The molecule has 1 fully saturated rings. The fourth-order valence-corrected chi connectivity index (χ4v) is 1.86. The lowest BCUT2D eigenvalue weighted by molar-refractivity contribution is -0.129. The molecule has 1 heterocycles. The van der Waals surface area contributed by atoms with Gasteiger partial charge in [0.1, 0.15) is 0 Å². The molecule has 3 heteroatoms. The van der Waals surface area contributed by atoms with E-state index in [1.807, 2.05) is 4.90 Å². The molecule has 0 aromatic heterocycles. The molecular weight excluding hydrogens is 176 g/mol. The number of rotatable bonds is 4. The Hall–Kier alpha value is -0.570. The van der Waals surface area contributed by atoms with Crippen molar-refractivity contribution in [2.75, 3.05) is 6.54 Å². The van der Waals surface area contributed by atoms with Gasteiger partial charge in [-0.1, -0.05) is 6.92 Å². The second-order valence-electron chi connectivity index (χ2n) is 4.52. The van der Waals surface area contributed by atoms with Gasteiger partial charge in [-0.15, -0.1) is 0 Å². The van der Waals surface area contributed by atoms with E-state index in [0.29, 0.717) is 30.5 Å². The molecule has 14 heavy (non-hydrogen) atoms. The van der Waals surface area contributed by atoms with Gasteiger partial charge in [0, 0.05) is 31.1 Å². The molecule has 1 rings (SSSR count). The van der Waals surface area contributed by atoms with Gasteiger partial charge >= 0.3 is 0 Å². The van der Waals surface area contributed by atoms with Gasteiger partial charge in [0.2, 0.25) is 5.91 Å². The highest BCUT2D eigenvalue weighted by Gasteiger charge is 2.31. The number of carbonyl (C=O) groups excluding carboxylic acids is 1. The summed E-state index contributed by atoms with van der Waals surface area (Å²) in [5, 5.41) is 3.48. The predicted molar refractivity (Wildman–Crippen MR) is 58.1 cm³/mol. The molecule has 0 radical (unpaired) electrons. The molecular formula is C11H22N2O. The average Bonchev–Trinajstić information content (AvgIpc) is 2.46. The molecule has 0 spiro atoms. The maximum absolute atomic E-state index is 11.6. The monoisotopic (exact) mass is 198 g/mol. The highest BCUT2D eigenvalue weighted by atomic mass is 16.2. The lowest BCUT2D eigenvalue weighted by Gasteiger charge is -2.22. The van der Waals surface area contributed by atoms with E-state index in [0.717, 1.165) is 13.0 Å². The van der Waals surface area contributed by atoms with E-state index in [1.54, 1.807) is 0 Å². The lowest BCUT2D eigenvalue weighted by atomic mass is 10.2. The Bertz CT molecular complexity index is 203. The topological polar surface area (TPSA) is 32.3 Å². The van der Waals surface area contributed by atoms with E-state index in [-0.39, 0.29) is 0 Å². The molecule has 1 saturated heterocycles. The van der Waals surface area contributed by atoms with Crippen LogP contribution >= 0.6 is 0 Å². The summed E-state index contributed by atoms with van der Waals surface area (Å²) in [5.74, 6) is 0.292. The Balaban J connectivity index is 2.42. The van der Waals surface area contributed by atoms with E-state index in [1.165, 1.54) is 0 Å². The third-order valence-electron chi connectivity index (χ3n) is 2.91. The summed E-state index contributed by atoms with van der Waals surface area (Å²) in [7, 11) is 0. The molecule has 1 amide bonds. The Morgan fingerprint density at radius 2 is 2.14 bits per heavy atom. The van der Waals surface area contributed by atoms with Crippen LogP contribution in [0.2, 0.25) is 0 Å². The summed E-state index contributed by atoms with van der Waals surface area (Å²) in [4.78, 5) is 13.5. The smallest absolute Gasteiger partial charge is 0.224 e. The molecule has 1 aliphatic rings. The summed E-state index contributed by atoms with van der Waals surface area (Å²) < 4.78 is 0. The van der Waals surface area contributed by atoms with Gasteiger partial charge in [-0.05, 0) is 27.2 Å². The van der Waals surface area contributed by atoms with Crippen molar-refractivity contribution in [1.29, 1.82) is 0 Å². The van der Waals surface area contributed by atoms with Crippen molar-refractivity contribution in [3.05, 3.63) is 0 Å². The van der Waals surface area contributed by atoms with Crippen LogP contribution in [0.25, 0.3) is 0 Å². The largest absolute Gasteiger partial charge is 0.339 e. The second-order valence-corrected chi connectivity index (χ2v) is 4.52. The third kappa shape index (κ3) is 2.71. The molecule has 1 aliphatic heterocycles.